The zero-order valence-electron chi connectivity index (χ0n) is 9.83. The van der Waals surface area contributed by atoms with Gasteiger partial charge in [0.25, 0.3) is 0 Å². The molecule has 0 aliphatic heterocycles. The van der Waals surface area contributed by atoms with Crippen LogP contribution in [0.4, 0.5) is 5.69 Å². The summed E-state index contributed by atoms with van der Waals surface area (Å²) in [6, 6.07) is 8.16. The number of benzene rings is 1. The highest BCUT2D eigenvalue weighted by atomic mass is 14.7. The molecule has 0 unspecified atom stereocenters. The molecule has 0 amide bonds. The van der Waals surface area contributed by atoms with E-state index in [1.807, 2.05) is 18.2 Å². The van der Waals surface area contributed by atoms with E-state index in [0.29, 0.717) is 5.92 Å². The first-order valence-corrected chi connectivity index (χ1v) is 5.40. The first kappa shape index (κ1) is 11.7. The molecule has 0 aliphatic carbocycles. The smallest absolute Gasteiger partial charge is 0.0697 e. The number of nitrogens with zero attached hydrogens (tertiary/aromatic N) is 1. The topological polar surface area (TPSA) is 12.4 Å². The third-order valence-electron chi connectivity index (χ3n) is 2.40. The van der Waals surface area contributed by atoms with Crippen molar-refractivity contribution in [2.24, 2.45) is 10.9 Å². The van der Waals surface area contributed by atoms with Gasteiger partial charge in [-0.15, -0.1) is 0 Å². The molecule has 0 aliphatic rings. The van der Waals surface area contributed by atoms with Crippen molar-refractivity contribution in [3.63, 3.8) is 0 Å². The largest absolute Gasteiger partial charge is 0.264 e. The molecule has 1 rings (SSSR count). The van der Waals surface area contributed by atoms with Gasteiger partial charge in [0.2, 0.25) is 0 Å². The number of rotatable bonds is 4. The van der Waals surface area contributed by atoms with Crippen LogP contribution in [-0.4, -0.2) is 6.72 Å². The lowest BCUT2D eigenvalue weighted by Crippen LogP contribution is -1.92. The molecule has 0 N–H and O–H groups in total. The van der Waals surface area contributed by atoms with Gasteiger partial charge < -0.3 is 0 Å². The van der Waals surface area contributed by atoms with Gasteiger partial charge in [0.05, 0.1) is 5.69 Å². The number of hydrogen-bond donors (Lipinski definition) is 0. The van der Waals surface area contributed by atoms with E-state index in [-0.39, 0.29) is 0 Å². The van der Waals surface area contributed by atoms with E-state index in [9.17, 15) is 0 Å². The SMILES string of the molecule is C=Nc1ccccc1/C(=C\C)CC(C)C. The van der Waals surface area contributed by atoms with E-state index < -0.39 is 0 Å². The minimum Gasteiger partial charge on any atom is -0.264 e. The normalized spacial score (nSPS) is 11.9. The van der Waals surface area contributed by atoms with Crippen LogP contribution in [0.2, 0.25) is 0 Å². The molecule has 0 aromatic heterocycles. The summed E-state index contributed by atoms with van der Waals surface area (Å²) in [7, 11) is 0. The summed E-state index contributed by atoms with van der Waals surface area (Å²) in [6.45, 7) is 10.2. The van der Waals surface area contributed by atoms with Crippen molar-refractivity contribution in [3.05, 3.63) is 35.9 Å². The van der Waals surface area contributed by atoms with E-state index in [4.69, 9.17) is 0 Å². The zero-order valence-corrected chi connectivity index (χ0v) is 9.83. The van der Waals surface area contributed by atoms with Crippen LogP contribution in [-0.2, 0) is 0 Å². The number of hydrogen-bond acceptors (Lipinski definition) is 1. The summed E-state index contributed by atoms with van der Waals surface area (Å²) < 4.78 is 0. The maximum atomic E-state index is 4.06. The lowest BCUT2D eigenvalue weighted by atomic mass is 9.95. The Kier molecular flexibility index (Phi) is 4.29. The van der Waals surface area contributed by atoms with Crippen molar-refractivity contribution in [2.45, 2.75) is 27.2 Å². The second-order valence-electron chi connectivity index (χ2n) is 4.09. The van der Waals surface area contributed by atoms with Crippen LogP contribution < -0.4 is 0 Å². The van der Waals surface area contributed by atoms with E-state index in [0.717, 1.165) is 12.1 Å². The average Bonchev–Trinajstić information content (AvgIpc) is 2.25. The fraction of sp³-hybridized carbons (Fsp3) is 0.357. The molecule has 0 atom stereocenters. The van der Waals surface area contributed by atoms with Crippen molar-refractivity contribution < 1.29 is 0 Å². The summed E-state index contributed by atoms with van der Waals surface area (Å²) in [5.74, 6) is 0.661. The maximum Gasteiger partial charge on any atom is 0.0697 e. The average molecular weight is 201 g/mol. The summed E-state index contributed by atoms with van der Waals surface area (Å²) in [5, 5.41) is 0. The Bertz CT molecular complexity index is 361. The zero-order chi connectivity index (χ0) is 11.3. The molecule has 0 heterocycles. The fourth-order valence-corrected chi connectivity index (χ4v) is 1.71. The standard InChI is InChI=1S/C14H19N/c1-5-12(10-11(2)3)13-8-6-7-9-14(13)15-4/h5-9,11H,4,10H2,1-3H3/b12-5-. The lowest BCUT2D eigenvalue weighted by Gasteiger charge is -2.12. The first-order chi connectivity index (χ1) is 7.19. The Labute approximate surface area is 92.6 Å². The predicted molar refractivity (Wildman–Crippen MR) is 68.8 cm³/mol. The molecule has 0 spiro atoms. The van der Waals surface area contributed by atoms with E-state index >= 15 is 0 Å². The molecule has 0 bridgehead atoms. The van der Waals surface area contributed by atoms with E-state index in [1.165, 1.54) is 11.1 Å². The molecule has 0 fully saturated rings. The summed E-state index contributed by atoms with van der Waals surface area (Å²) in [6.07, 6.45) is 3.26. The summed E-state index contributed by atoms with van der Waals surface area (Å²) in [5.41, 5.74) is 3.54. The van der Waals surface area contributed by atoms with Gasteiger partial charge in [-0.2, -0.15) is 0 Å². The van der Waals surface area contributed by atoms with Crippen molar-refractivity contribution in [1.29, 1.82) is 0 Å². The first-order valence-electron chi connectivity index (χ1n) is 5.40. The molecule has 0 radical (unpaired) electrons. The molecule has 1 aromatic carbocycles. The van der Waals surface area contributed by atoms with Gasteiger partial charge in [-0.1, -0.05) is 38.1 Å². The van der Waals surface area contributed by atoms with Crippen molar-refractivity contribution in [1.82, 2.24) is 0 Å². The Balaban J connectivity index is 3.07. The quantitative estimate of drug-likeness (QED) is 0.637. The number of aliphatic imine (C=N–C) groups is 1. The fourth-order valence-electron chi connectivity index (χ4n) is 1.71. The summed E-state index contributed by atoms with van der Waals surface area (Å²) in [4.78, 5) is 4.06. The van der Waals surface area contributed by atoms with Crippen molar-refractivity contribution in [3.8, 4) is 0 Å². The third-order valence-corrected chi connectivity index (χ3v) is 2.40. The van der Waals surface area contributed by atoms with Crippen LogP contribution in [0.1, 0.15) is 32.8 Å². The molecule has 1 heteroatoms. The lowest BCUT2D eigenvalue weighted by molar-refractivity contribution is 0.673. The van der Waals surface area contributed by atoms with Crippen LogP contribution in [0.25, 0.3) is 5.57 Å². The molecule has 1 aromatic rings. The molecule has 80 valence electrons. The maximum absolute atomic E-state index is 4.06. The molecular weight excluding hydrogens is 182 g/mol. The highest BCUT2D eigenvalue weighted by Crippen LogP contribution is 2.29. The Morgan fingerprint density at radius 1 is 1.40 bits per heavy atom. The number of allylic oxidation sites excluding steroid dienone is 2. The van der Waals surface area contributed by atoms with Crippen molar-refractivity contribution >= 4 is 18.0 Å². The molecule has 15 heavy (non-hydrogen) atoms. The second kappa shape index (κ2) is 5.50. The minimum absolute atomic E-state index is 0.661. The predicted octanol–water partition coefficient (Wildman–Crippen LogP) is 4.47. The molecule has 1 nitrogen and oxygen atoms in total. The van der Waals surface area contributed by atoms with Crippen LogP contribution in [0, 0.1) is 5.92 Å². The molecular formula is C14H19N. The van der Waals surface area contributed by atoms with E-state index in [2.05, 4.69) is 44.6 Å². The molecule has 0 saturated carbocycles. The minimum atomic E-state index is 0.661. The summed E-state index contributed by atoms with van der Waals surface area (Å²) >= 11 is 0. The van der Waals surface area contributed by atoms with E-state index in [1.54, 1.807) is 0 Å². The Morgan fingerprint density at radius 3 is 2.60 bits per heavy atom. The highest BCUT2D eigenvalue weighted by Gasteiger charge is 2.07. The third kappa shape index (κ3) is 3.05. The Morgan fingerprint density at radius 2 is 2.07 bits per heavy atom. The molecule has 0 saturated heterocycles. The monoisotopic (exact) mass is 201 g/mol. The van der Waals surface area contributed by atoms with Crippen LogP contribution in [0.5, 0.6) is 0 Å². The van der Waals surface area contributed by atoms with Gasteiger partial charge in [0, 0.05) is 5.56 Å². The van der Waals surface area contributed by atoms with Crippen LogP contribution >= 0.6 is 0 Å². The Hall–Kier alpha value is -1.37. The van der Waals surface area contributed by atoms with Gasteiger partial charge in [-0.25, -0.2) is 0 Å². The van der Waals surface area contributed by atoms with Crippen LogP contribution in [0.15, 0.2) is 35.3 Å². The van der Waals surface area contributed by atoms with Gasteiger partial charge in [0.15, 0.2) is 0 Å². The van der Waals surface area contributed by atoms with Gasteiger partial charge in [-0.3, -0.25) is 4.99 Å². The second-order valence-corrected chi connectivity index (χ2v) is 4.09. The van der Waals surface area contributed by atoms with Crippen LogP contribution in [0.3, 0.4) is 0 Å². The highest BCUT2D eigenvalue weighted by molar-refractivity contribution is 5.75. The van der Waals surface area contributed by atoms with Gasteiger partial charge in [-0.05, 0) is 37.6 Å². The number of para-hydroxylation sites is 1. The van der Waals surface area contributed by atoms with Crippen molar-refractivity contribution in [2.75, 3.05) is 0 Å². The van der Waals surface area contributed by atoms with Gasteiger partial charge in [0.1, 0.15) is 0 Å². The van der Waals surface area contributed by atoms with Gasteiger partial charge >= 0.3 is 0 Å².